The lowest BCUT2D eigenvalue weighted by Gasteiger charge is -2.20. The van der Waals surface area contributed by atoms with Gasteiger partial charge in [-0.1, -0.05) is 48.5 Å². The van der Waals surface area contributed by atoms with Crippen LogP contribution in [0.1, 0.15) is 47.4 Å². The van der Waals surface area contributed by atoms with Crippen LogP contribution in [0, 0.1) is 0 Å². The Morgan fingerprint density at radius 2 is 1.72 bits per heavy atom. The Morgan fingerprint density at radius 3 is 2.47 bits per heavy atom. The van der Waals surface area contributed by atoms with Crippen LogP contribution in [0.2, 0.25) is 0 Å². The molecule has 1 atom stereocenters. The van der Waals surface area contributed by atoms with Crippen molar-refractivity contribution in [1.29, 1.82) is 0 Å². The molecule has 1 heterocycles. The van der Waals surface area contributed by atoms with E-state index < -0.39 is 11.9 Å². The van der Waals surface area contributed by atoms with Crippen molar-refractivity contribution in [2.75, 3.05) is 0 Å². The van der Waals surface area contributed by atoms with Crippen LogP contribution in [-0.2, 0) is 17.8 Å². The summed E-state index contributed by atoms with van der Waals surface area (Å²) in [5.74, 6) is 0.297. The molecule has 2 aromatic carbocycles. The molecule has 0 spiro atoms. The molecule has 0 saturated heterocycles. The summed E-state index contributed by atoms with van der Waals surface area (Å²) >= 11 is 0. The highest BCUT2D eigenvalue weighted by atomic mass is 16.5. The zero-order valence-electron chi connectivity index (χ0n) is 18.0. The topological polar surface area (TPSA) is 80.6 Å². The number of nitrogens with one attached hydrogen (secondary N) is 2. The quantitative estimate of drug-likeness (QED) is 0.530. The average molecular weight is 433 g/mol. The Kier molecular flexibility index (Phi) is 7.23. The van der Waals surface area contributed by atoms with Crippen LogP contribution in [0.3, 0.4) is 0 Å². The number of carbonyl (C=O) groups is 2. The van der Waals surface area contributed by atoms with E-state index in [4.69, 9.17) is 9.15 Å². The molecule has 6 heteroatoms. The second-order valence-corrected chi connectivity index (χ2v) is 8.04. The third kappa shape index (κ3) is 5.78. The highest BCUT2D eigenvalue weighted by Crippen LogP contribution is 2.26. The molecular weight excluding hydrogens is 404 g/mol. The Bertz CT molecular complexity index is 1010. The number of para-hydroxylation sites is 1. The molecule has 0 bridgehead atoms. The van der Waals surface area contributed by atoms with E-state index in [1.54, 1.807) is 12.1 Å². The van der Waals surface area contributed by atoms with E-state index in [0.717, 1.165) is 29.7 Å². The second-order valence-electron chi connectivity index (χ2n) is 8.04. The first-order valence-electron chi connectivity index (χ1n) is 11.1. The van der Waals surface area contributed by atoms with Crippen molar-refractivity contribution >= 4 is 11.8 Å². The third-order valence-corrected chi connectivity index (χ3v) is 5.67. The summed E-state index contributed by atoms with van der Waals surface area (Å²) in [6.07, 6.45) is 6.57. The molecule has 2 N–H and O–H groups in total. The number of hydrogen-bond acceptors (Lipinski definition) is 4. The second kappa shape index (κ2) is 10.7. The smallest absolute Gasteiger partial charge is 0.287 e. The molecule has 6 nitrogen and oxygen atoms in total. The molecule has 1 fully saturated rings. The lowest BCUT2D eigenvalue weighted by molar-refractivity contribution is -0.123. The van der Waals surface area contributed by atoms with E-state index in [-0.39, 0.29) is 17.8 Å². The number of furan rings is 1. The SMILES string of the molecule is O=C(NC(Cc1ccccc1)C(=O)NCc1ccccc1OC1CCCC1)c1ccco1. The van der Waals surface area contributed by atoms with E-state index in [9.17, 15) is 9.59 Å². The summed E-state index contributed by atoms with van der Waals surface area (Å²) in [5.41, 5.74) is 1.88. The van der Waals surface area contributed by atoms with Gasteiger partial charge >= 0.3 is 0 Å². The van der Waals surface area contributed by atoms with Gasteiger partial charge in [-0.3, -0.25) is 9.59 Å². The number of hydrogen-bond donors (Lipinski definition) is 2. The monoisotopic (exact) mass is 432 g/mol. The number of amides is 2. The average Bonchev–Trinajstić information content (AvgIpc) is 3.53. The Balaban J connectivity index is 1.43. The summed E-state index contributed by atoms with van der Waals surface area (Å²) < 4.78 is 11.3. The van der Waals surface area contributed by atoms with Crippen molar-refractivity contribution in [3.63, 3.8) is 0 Å². The molecule has 1 aromatic heterocycles. The lowest BCUT2D eigenvalue weighted by atomic mass is 10.0. The molecule has 32 heavy (non-hydrogen) atoms. The molecule has 1 aliphatic rings. The van der Waals surface area contributed by atoms with Crippen LogP contribution < -0.4 is 15.4 Å². The summed E-state index contributed by atoms with van der Waals surface area (Å²) in [6.45, 7) is 0.323. The standard InChI is InChI=1S/C26H28N2O4/c29-25(27-18-20-11-4-7-14-23(20)32-21-12-5-6-13-21)22(17-19-9-2-1-3-10-19)28-26(30)24-15-8-16-31-24/h1-4,7-11,14-16,21-22H,5-6,12-13,17-18H2,(H,27,29)(H,28,30). The summed E-state index contributed by atoms with van der Waals surface area (Å²) in [6, 6.07) is 19.9. The molecule has 1 unspecified atom stereocenters. The van der Waals surface area contributed by atoms with Crippen molar-refractivity contribution in [2.24, 2.45) is 0 Å². The van der Waals surface area contributed by atoms with Gasteiger partial charge in [0, 0.05) is 18.5 Å². The number of ether oxygens (including phenoxy) is 1. The summed E-state index contributed by atoms with van der Waals surface area (Å²) in [7, 11) is 0. The van der Waals surface area contributed by atoms with Gasteiger partial charge in [0.25, 0.3) is 5.91 Å². The van der Waals surface area contributed by atoms with Crippen LogP contribution in [0.5, 0.6) is 5.75 Å². The zero-order valence-corrected chi connectivity index (χ0v) is 18.0. The first kappa shape index (κ1) is 21.7. The van der Waals surface area contributed by atoms with Crippen LogP contribution in [0.25, 0.3) is 0 Å². The first-order valence-corrected chi connectivity index (χ1v) is 11.1. The Labute approximate surface area is 188 Å². The van der Waals surface area contributed by atoms with Gasteiger partial charge in [0.1, 0.15) is 11.8 Å². The van der Waals surface area contributed by atoms with E-state index in [0.29, 0.717) is 13.0 Å². The minimum atomic E-state index is -0.738. The van der Waals surface area contributed by atoms with E-state index in [1.807, 2.05) is 54.6 Å². The number of rotatable bonds is 9. The third-order valence-electron chi connectivity index (χ3n) is 5.67. The predicted molar refractivity (Wildman–Crippen MR) is 121 cm³/mol. The minimum absolute atomic E-state index is 0.172. The molecule has 2 amide bonds. The number of carbonyl (C=O) groups excluding carboxylic acids is 2. The van der Waals surface area contributed by atoms with Gasteiger partial charge < -0.3 is 19.8 Å². The predicted octanol–water partition coefficient (Wildman–Crippen LogP) is 4.26. The minimum Gasteiger partial charge on any atom is -0.490 e. The maximum atomic E-state index is 13.1. The fourth-order valence-electron chi connectivity index (χ4n) is 3.95. The van der Waals surface area contributed by atoms with Gasteiger partial charge in [-0.25, -0.2) is 0 Å². The van der Waals surface area contributed by atoms with Gasteiger partial charge in [-0.15, -0.1) is 0 Å². The van der Waals surface area contributed by atoms with Crippen LogP contribution in [0.4, 0.5) is 0 Å². The molecule has 3 aromatic rings. The lowest BCUT2D eigenvalue weighted by Crippen LogP contribution is -2.47. The highest BCUT2D eigenvalue weighted by Gasteiger charge is 2.23. The van der Waals surface area contributed by atoms with Crippen molar-refractivity contribution in [2.45, 2.75) is 50.8 Å². The van der Waals surface area contributed by atoms with Gasteiger partial charge in [0.15, 0.2) is 5.76 Å². The fraction of sp³-hybridized carbons (Fsp3) is 0.308. The highest BCUT2D eigenvalue weighted by molar-refractivity contribution is 5.95. The van der Waals surface area contributed by atoms with Crippen LogP contribution in [-0.4, -0.2) is 24.0 Å². The van der Waals surface area contributed by atoms with Crippen molar-refractivity contribution < 1.29 is 18.7 Å². The van der Waals surface area contributed by atoms with Crippen molar-refractivity contribution in [1.82, 2.24) is 10.6 Å². The molecule has 166 valence electrons. The van der Waals surface area contributed by atoms with Gasteiger partial charge in [-0.05, 0) is 49.4 Å². The van der Waals surface area contributed by atoms with E-state index in [2.05, 4.69) is 10.6 Å². The van der Waals surface area contributed by atoms with Crippen LogP contribution >= 0.6 is 0 Å². The molecule has 1 saturated carbocycles. The maximum absolute atomic E-state index is 13.1. The van der Waals surface area contributed by atoms with Gasteiger partial charge in [0.2, 0.25) is 5.91 Å². The van der Waals surface area contributed by atoms with E-state index >= 15 is 0 Å². The van der Waals surface area contributed by atoms with E-state index in [1.165, 1.54) is 19.1 Å². The molecular formula is C26H28N2O4. The van der Waals surface area contributed by atoms with Gasteiger partial charge in [0.05, 0.1) is 12.4 Å². The van der Waals surface area contributed by atoms with Crippen molar-refractivity contribution in [3.05, 3.63) is 89.9 Å². The first-order chi connectivity index (χ1) is 15.7. The molecule has 1 aliphatic carbocycles. The summed E-state index contributed by atoms with van der Waals surface area (Å²) in [5, 5.41) is 5.77. The van der Waals surface area contributed by atoms with Crippen LogP contribution in [0.15, 0.2) is 77.4 Å². The largest absolute Gasteiger partial charge is 0.490 e. The summed E-state index contributed by atoms with van der Waals surface area (Å²) in [4.78, 5) is 25.6. The fourth-order valence-corrected chi connectivity index (χ4v) is 3.95. The molecule has 4 rings (SSSR count). The Hall–Kier alpha value is -3.54. The van der Waals surface area contributed by atoms with Crippen molar-refractivity contribution in [3.8, 4) is 5.75 Å². The zero-order chi connectivity index (χ0) is 22.2. The molecule has 0 radical (unpaired) electrons. The maximum Gasteiger partial charge on any atom is 0.287 e. The molecule has 0 aliphatic heterocycles. The normalized spacial score (nSPS) is 14.6. The number of benzene rings is 2. The Morgan fingerprint density at radius 1 is 0.969 bits per heavy atom. The van der Waals surface area contributed by atoms with Gasteiger partial charge in [-0.2, -0.15) is 0 Å².